The molecule has 5 heteroatoms. The summed E-state index contributed by atoms with van der Waals surface area (Å²) in [6.45, 7) is 5.92. The highest BCUT2D eigenvalue weighted by atomic mass is 16.4. The van der Waals surface area contributed by atoms with Crippen molar-refractivity contribution in [3.05, 3.63) is 17.6 Å². The maximum atomic E-state index is 10.9. The van der Waals surface area contributed by atoms with Crippen LogP contribution >= 0.6 is 0 Å². The molecule has 0 spiro atoms. The molecule has 1 aliphatic heterocycles. The molecule has 1 aromatic rings. The minimum Gasteiger partial charge on any atom is -0.475 e. The first-order valence-electron chi connectivity index (χ1n) is 5.90. The van der Waals surface area contributed by atoms with E-state index in [1.165, 1.54) is 0 Å². The number of aryl methyl sites for hydroxylation is 1. The van der Waals surface area contributed by atoms with Crippen LogP contribution < -0.4 is 4.90 Å². The summed E-state index contributed by atoms with van der Waals surface area (Å²) in [7, 11) is 0. The fourth-order valence-corrected chi connectivity index (χ4v) is 2.05. The van der Waals surface area contributed by atoms with Gasteiger partial charge in [-0.1, -0.05) is 6.92 Å². The second-order valence-corrected chi connectivity index (χ2v) is 4.67. The monoisotopic (exact) mass is 235 g/mol. The molecule has 0 unspecified atom stereocenters. The highest BCUT2D eigenvalue weighted by Gasteiger charge is 2.19. The quantitative estimate of drug-likeness (QED) is 0.845. The lowest BCUT2D eigenvalue weighted by Crippen LogP contribution is -2.33. The Hall–Kier alpha value is -1.65. The summed E-state index contributed by atoms with van der Waals surface area (Å²) in [5.41, 5.74) is 0.700. The van der Waals surface area contributed by atoms with E-state index in [-0.39, 0.29) is 5.82 Å². The molecule has 1 fully saturated rings. The van der Waals surface area contributed by atoms with E-state index >= 15 is 0 Å². The Balaban J connectivity index is 2.23. The topological polar surface area (TPSA) is 66.3 Å². The number of aromatic nitrogens is 2. The van der Waals surface area contributed by atoms with Gasteiger partial charge in [0.1, 0.15) is 5.82 Å². The molecule has 0 saturated carbocycles. The van der Waals surface area contributed by atoms with Crippen LogP contribution in [0.2, 0.25) is 0 Å². The summed E-state index contributed by atoms with van der Waals surface area (Å²) in [5, 5.41) is 8.93. The molecule has 1 aromatic heterocycles. The van der Waals surface area contributed by atoms with Crippen LogP contribution in [0.15, 0.2) is 6.07 Å². The van der Waals surface area contributed by atoms with E-state index in [1.807, 2.05) is 6.07 Å². The van der Waals surface area contributed by atoms with Crippen molar-refractivity contribution in [3.63, 3.8) is 0 Å². The molecule has 0 radical (unpaired) electrons. The van der Waals surface area contributed by atoms with Crippen molar-refractivity contribution in [2.24, 2.45) is 5.92 Å². The molecular formula is C12H17N3O2. The standard InChI is InChI=1S/C12H17N3O2/c1-8-3-5-15(6-4-8)10-7-9(2)13-11(14-10)12(16)17/h7-8H,3-6H2,1-2H3,(H,16,17). The zero-order chi connectivity index (χ0) is 12.4. The van der Waals surface area contributed by atoms with Crippen molar-refractivity contribution in [1.29, 1.82) is 0 Å². The van der Waals surface area contributed by atoms with Gasteiger partial charge in [0.25, 0.3) is 0 Å². The number of carbonyl (C=O) groups is 1. The van der Waals surface area contributed by atoms with E-state index in [4.69, 9.17) is 5.11 Å². The van der Waals surface area contributed by atoms with Crippen LogP contribution in [0.3, 0.4) is 0 Å². The minimum atomic E-state index is -1.07. The first-order valence-corrected chi connectivity index (χ1v) is 5.90. The van der Waals surface area contributed by atoms with Crippen LogP contribution in [-0.4, -0.2) is 34.1 Å². The van der Waals surface area contributed by atoms with Gasteiger partial charge in [-0.25, -0.2) is 14.8 Å². The Kier molecular flexibility index (Phi) is 3.26. The highest BCUT2D eigenvalue weighted by molar-refractivity contribution is 5.83. The van der Waals surface area contributed by atoms with Crippen molar-refractivity contribution in [2.45, 2.75) is 26.7 Å². The van der Waals surface area contributed by atoms with Crippen LogP contribution in [0.1, 0.15) is 36.1 Å². The van der Waals surface area contributed by atoms with Crippen LogP contribution in [0.4, 0.5) is 5.82 Å². The van der Waals surface area contributed by atoms with E-state index < -0.39 is 5.97 Å². The van der Waals surface area contributed by atoms with Gasteiger partial charge in [-0.2, -0.15) is 0 Å². The van der Waals surface area contributed by atoms with Gasteiger partial charge in [-0.15, -0.1) is 0 Å². The molecule has 1 aliphatic rings. The van der Waals surface area contributed by atoms with Gasteiger partial charge >= 0.3 is 5.97 Å². The fourth-order valence-electron chi connectivity index (χ4n) is 2.05. The molecule has 17 heavy (non-hydrogen) atoms. The number of hydrogen-bond donors (Lipinski definition) is 1. The Labute approximate surface area is 100 Å². The number of nitrogens with zero attached hydrogens (tertiary/aromatic N) is 3. The van der Waals surface area contributed by atoms with Gasteiger partial charge in [-0.3, -0.25) is 0 Å². The predicted molar refractivity (Wildman–Crippen MR) is 64.3 cm³/mol. The normalized spacial score (nSPS) is 17.2. The molecule has 2 heterocycles. The maximum Gasteiger partial charge on any atom is 0.374 e. The average Bonchev–Trinajstić information content (AvgIpc) is 2.29. The molecule has 92 valence electrons. The largest absolute Gasteiger partial charge is 0.475 e. The second kappa shape index (κ2) is 4.69. The van der Waals surface area contributed by atoms with Gasteiger partial charge in [0.15, 0.2) is 0 Å². The van der Waals surface area contributed by atoms with Gasteiger partial charge in [0.05, 0.1) is 0 Å². The molecule has 0 amide bonds. The van der Waals surface area contributed by atoms with E-state index in [9.17, 15) is 4.79 Å². The minimum absolute atomic E-state index is 0.112. The third-order valence-corrected chi connectivity index (χ3v) is 3.14. The zero-order valence-electron chi connectivity index (χ0n) is 10.2. The Morgan fingerprint density at radius 2 is 2.06 bits per heavy atom. The van der Waals surface area contributed by atoms with Crippen molar-refractivity contribution in [1.82, 2.24) is 9.97 Å². The first-order chi connectivity index (χ1) is 8.06. The number of anilines is 1. The molecule has 2 rings (SSSR count). The number of carboxylic acids is 1. The van der Waals surface area contributed by atoms with Gasteiger partial charge < -0.3 is 10.0 Å². The first kappa shape index (κ1) is 11.8. The highest BCUT2D eigenvalue weighted by Crippen LogP contribution is 2.21. The number of hydrogen-bond acceptors (Lipinski definition) is 4. The zero-order valence-corrected chi connectivity index (χ0v) is 10.2. The summed E-state index contributed by atoms with van der Waals surface area (Å²) in [4.78, 5) is 21.0. The van der Waals surface area contributed by atoms with Crippen LogP contribution in [-0.2, 0) is 0 Å². The van der Waals surface area contributed by atoms with Crippen molar-refractivity contribution in [2.75, 3.05) is 18.0 Å². The molecule has 0 aromatic carbocycles. The smallest absolute Gasteiger partial charge is 0.374 e. The van der Waals surface area contributed by atoms with Crippen molar-refractivity contribution < 1.29 is 9.90 Å². The predicted octanol–water partition coefficient (Wildman–Crippen LogP) is 1.72. The van der Waals surface area contributed by atoms with Gasteiger partial charge in [-0.05, 0) is 25.7 Å². The van der Waals surface area contributed by atoms with Crippen LogP contribution in [0.5, 0.6) is 0 Å². The summed E-state index contributed by atoms with van der Waals surface area (Å²) < 4.78 is 0. The fraction of sp³-hybridized carbons (Fsp3) is 0.583. The molecular weight excluding hydrogens is 218 g/mol. The Bertz CT molecular complexity index is 426. The number of rotatable bonds is 2. The Morgan fingerprint density at radius 1 is 1.41 bits per heavy atom. The molecule has 1 N–H and O–H groups in total. The Morgan fingerprint density at radius 3 is 2.65 bits per heavy atom. The van der Waals surface area contributed by atoms with Crippen LogP contribution in [0.25, 0.3) is 0 Å². The summed E-state index contributed by atoms with van der Waals surface area (Å²) in [6.07, 6.45) is 2.26. The molecule has 0 bridgehead atoms. The third-order valence-electron chi connectivity index (χ3n) is 3.14. The molecule has 0 atom stereocenters. The van der Waals surface area contributed by atoms with Gasteiger partial charge in [0, 0.05) is 24.8 Å². The second-order valence-electron chi connectivity index (χ2n) is 4.67. The summed E-state index contributed by atoms with van der Waals surface area (Å²) in [5.74, 6) is 0.300. The van der Waals surface area contributed by atoms with Crippen molar-refractivity contribution in [3.8, 4) is 0 Å². The lowest BCUT2D eigenvalue weighted by atomic mass is 9.99. The molecule has 5 nitrogen and oxygen atoms in total. The summed E-state index contributed by atoms with van der Waals surface area (Å²) >= 11 is 0. The SMILES string of the molecule is Cc1cc(N2CCC(C)CC2)nc(C(=O)O)n1. The maximum absolute atomic E-state index is 10.9. The van der Waals surface area contributed by atoms with E-state index in [2.05, 4.69) is 21.8 Å². The number of aromatic carboxylic acids is 1. The van der Waals surface area contributed by atoms with Gasteiger partial charge in [0.2, 0.25) is 5.82 Å². The third kappa shape index (κ3) is 2.72. The lowest BCUT2D eigenvalue weighted by Gasteiger charge is -2.31. The summed E-state index contributed by atoms with van der Waals surface area (Å²) in [6, 6.07) is 1.85. The lowest BCUT2D eigenvalue weighted by molar-refractivity contribution is 0.0683. The number of carboxylic acid groups (broad SMARTS) is 1. The number of piperidine rings is 1. The molecule has 1 saturated heterocycles. The van der Waals surface area contributed by atoms with E-state index in [0.29, 0.717) is 5.69 Å². The molecule has 0 aliphatic carbocycles. The van der Waals surface area contributed by atoms with Crippen LogP contribution in [0, 0.1) is 12.8 Å². The van der Waals surface area contributed by atoms with Crippen molar-refractivity contribution >= 4 is 11.8 Å². The van der Waals surface area contributed by atoms with E-state index in [0.717, 1.165) is 37.7 Å². The average molecular weight is 235 g/mol. The van der Waals surface area contributed by atoms with E-state index in [1.54, 1.807) is 6.92 Å².